The lowest BCUT2D eigenvalue weighted by atomic mass is 9.95. The molecule has 1 fully saturated rings. The van der Waals surface area contributed by atoms with Crippen LogP contribution in [0.25, 0.3) is 0 Å². The molecule has 1 N–H and O–H groups in total. The van der Waals surface area contributed by atoms with Gasteiger partial charge in [0, 0.05) is 12.6 Å². The number of carbonyl (C=O) groups is 2. The molecule has 1 aliphatic carbocycles. The minimum atomic E-state index is -3.81. The maximum atomic E-state index is 13.9. The zero-order chi connectivity index (χ0) is 28.4. The number of anilines is 1. The lowest BCUT2D eigenvalue weighted by molar-refractivity contribution is -0.140. The molecule has 0 bridgehead atoms. The molecular weight excluding hydrogens is 518 g/mol. The molecule has 1 aliphatic rings. The lowest BCUT2D eigenvalue weighted by Gasteiger charge is -2.34. The van der Waals surface area contributed by atoms with Gasteiger partial charge in [-0.05, 0) is 68.1 Å². The summed E-state index contributed by atoms with van der Waals surface area (Å²) in [4.78, 5) is 28.8. The summed E-state index contributed by atoms with van der Waals surface area (Å²) in [6, 6.07) is 13.2. The first-order chi connectivity index (χ1) is 18.7. The van der Waals surface area contributed by atoms with Gasteiger partial charge in [-0.15, -0.1) is 0 Å². The number of rotatable bonds is 13. The van der Waals surface area contributed by atoms with E-state index in [-0.39, 0.29) is 18.5 Å². The Labute approximate surface area is 232 Å². The minimum Gasteiger partial charge on any atom is -0.497 e. The van der Waals surface area contributed by atoms with Gasteiger partial charge in [0.2, 0.25) is 21.8 Å². The molecule has 9 nitrogen and oxygen atoms in total. The van der Waals surface area contributed by atoms with Crippen LogP contribution in [0, 0.1) is 0 Å². The second-order valence-electron chi connectivity index (χ2n) is 9.84. The summed E-state index contributed by atoms with van der Waals surface area (Å²) < 4.78 is 37.5. The fourth-order valence-electron chi connectivity index (χ4n) is 4.92. The van der Waals surface area contributed by atoms with Crippen LogP contribution in [0.1, 0.15) is 57.9 Å². The molecule has 1 atom stereocenters. The van der Waals surface area contributed by atoms with Crippen molar-refractivity contribution < 1.29 is 27.5 Å². The maximum absolute atomic E-state index is 13.9. The number of nitrogens with zero attached hydrogens (tertiary/aromatic N) is 2. The summed E-state index contributed by atoms with van der Waals surface area (Å²) in [5.41, 5.74) is 1.12. The van der Waals surface area contributed by atoms with Crippen molar-refractivity contribution in [1.82, 2.24) is 10.2 Å². The van der Waals surface area contributed by atoms with Gasteiger partial charge < -0.3 is 19.7 Å². The Morgan fingerprint density at radius 1 is 1.03 bits per heavy atom. The topological polar surface area (TPSA) is 105 Å². The van der Waals surface area contributed by atoms with Gasteiger partial charge in [0.05, 0.1) is 25.7 Å². The summed E-state index contributed by atoms with van der Waals surface area (Å²) in [5, 5.41) is 3.14. The molecule has 0 radical (unpaired) electrons. The molecule has 0 aliphatic heterocycles. The molecule has 10 heteroatoms. The molecule has 3 rings (SSSR count). The number of carbonyl (C=O) groups excluding carboxylic acids is 2. The molecule has 0 heterocycles. The van der Waals surface area contributed by atoms with E-state index >= 15 is 0 Å². The fraction of sp³-hybridized carbons (Fsp3) is 0.517. The summed E-state index contributed by atoms with van der Waals surface area (Å²) in [6.07, 6.45) is 6.60. The number of benzene rings is 2. The average Bonchev–Trinajstić information content (AvgIpc) is 2.92. The van der Waals surface area contributed by atoms with Crippen molar-refractivity contribution in [2.45, 2.75) is 71.0 Å². The largest absolute Gasteiger partial charge is 0.497 e. The highest BCUT2D eigenvalue weighted by atomic mass is 32.2. The van der Waals surface area contributed by atoms with E-state index in [4.69, 9.17) is 9.47 Å². The molecule has 0 aromatic heterocycles. The zero-order valence-electron chi connectivity index (χ0n) is 23.4. The van der Waals surface area contributed by atoms with Crippen LogP contribution in [-0.2, 0) is 26.2 Å². The summed E-state index contributed by atoms with van der Waals surface area (Å²) >= 11 is 0. The Morgan fingerprint density at radius 3 is 2.31 bits per heavy atom. The molecule has 1 unspecified atom stereocenters. The average molecular weight is 560 g/mol. The van der Waals surface area contributed by atoms with E-state index in [2.05, 4.69) is 5.32 Å². The Balaban J connectivity index is 1.91. The van der Waals surface area contributed by atoms with E-state index in [1.807, 2.05) is 32.0 Å². The summed E-state index contributed by atoms with van der Waals surface area (Å²) in [7, 11) is -2.24. The van der Waals surface area contributed by atoms with Crippen LogP contribution in [0.4, 0.5) is 5.69 Å². The normalized spacial score (nSPS) is 14.8. The fourth-order valence-corrected chi connectivity index (χ4v) is 5.77. The molecule has 214 valence electrons. The first kappa shape index (κ1) is 30.3. The molecule has 39 heavy (non-hydrogen) atoms. The van der Waals surface area contributed by atoms with Crippen molar-refractivity contribution in [3.8, 4) is 11.5 Å². The second-order valence-corrected chi connectivity index (χ2v) is 11.7. The molecule has 1 saturated carbocycles. The highest BCUT2D eigenvalue weighted by Gasteiger charge is 2.33. The number of hydrogen-bond donors (Lipinski definition) is 1. The molecule has 0 spiro atoms. The van der Waals surface area contributed by atoms with E-state index in [1.54, 1.807) is 37.4 Å². The van der Waals surface area contributed by atoms with Crippen molar-refractivity contribution >= 4 is 27.5 Å². The van der Waals surface area contributed by atoms with Crippen molar-refractivity contribution in [3.05, 3.63) is 54.1 Å². The highest BCUT2D eigenvalue weighted by Crippen LogP contribution is 2.24. The maximum Gasteiger partial charge on any atom is 0.244 e. The SMILES string of the molecule is CCOc1ccc(N(CC(=O)N(Cc2cccc(OC)c2)C(CC)C(=O)NC2CCCCC2)S(C)(=O)=O)cc1. The Hall–Kier alpha value is -3.27. The van der Waals surface area contributed by atoms with Gasteiger partial charge >= 0.3 is 0 Å². The molecule has 2 aromatic rings. The standard InChI is InChI=1S/C29H41N3O6S/c1-5-27(29(34)30-23-12-8-7-9-13-23)31(20-22-11-10-14-26(19-22)37-3)28(33)21-32(39(4,35)36)24-15-17-25(18-16-24)38-6-2/h10-11,14-19,23,27H,5-9,12-13,20-21H2,1-4H3,(H,30,34). The van der Waals surface area contributed by atoms with Crippen molar-refractivity contribution in [2.75, 3.05) is 30.8 Å². The number of nitrogens with one attached hydrogen (secondary N) is 1. The highest BCUT2D eigenvalue weighted by molar-refractivity contribution is 7.92. The Morgan fingerprint density at radius 2 is 1.72 bits per heavy atom. The Kier molecular flexibility index (Phi) is 11.0. The first-order valence-corrected chi connectivity index (χ1v) is 15.4. The molecule has 2 aromatic carbocycles. The van der Waals surface area contributed by atoms with Crippen LogP contribution in [-0.4, -0.2) is 63.7 Å². The number of amides is 2. The second kappa shape index (κ2) is 14.2. The number of hydrogen-bond acceptors (Lipinski definition) is 6. The van der Waals surface area contributed by atoms with E-state index in [9.17, 15) is 18.0 Å². The third kappa shape index (κ3) is 8.61. The quantitative estimate of drug-likeness (QED) is 0.396. The van der Waals surface area contributed by atoms with Crippen LogP contribution in [0.5, 0.6) is 11.5 Å². The summed E-state index contributed by atoms with van der Waals surface area (Å²) in [6.45, 7) is 3.89. The number of ether oxygens (including phenoxy) is 2. The van der Waals surface area contributed by atoms with E-state index in [0.717, 1.165) is 48.2 Å². The van der Waals surface area contributed by atoms with Gasteiger partial charge in [0.15, 0.2) is 0 Å². The van der Waals surface area contributed by atoms with Gasteiger partial charge in [-0.25, -0.2) is 8.42 Å². The van der Waals surface area contributed by atoms with E-state index in [0.29, 0.717) is 30.2 Å². The third-order valence-corrected chi connectivity index (χ3v) is 8.08. The number of sulfonamides is 1. The monoisotopic (exact) mass is 559 g/mol. The summed E-state index contributed by atoms with van der Waals surface area (Å²) in [5.74, 6) is 0.549. The first-order valence-electron chi connectivity index (χ1n) is 13.6. The van der Waals surface area contributed by atoms with Gasteiger partial charge in [0.25, 0.3) is 0 Å². The third-order valence-electron chi connectivity index (χ3n) is 6.94. The predicted octanol–water partition coefficient (Wildman–Crippen LogP) is 4.12. The van der Waals surface area contributed by atoms with Gasteiger partial charge in [-0.1, -0.05) is 38.3 Å². The van der Waals surface area contributed by atoms with E-state index < -0.39 is 28.5 Å². The van der Waals surface area contributed by atoms with Gasteiger partial charge in [-0.3, -0.25) is 13.9 Å². The van der Waals surface area contributed by atoms with Gasteiger partial charge in [-0.2, -0.15) is 0 Å². The predicted molar refractivity (Wildman–Crippen MR) is 152 cm³/mol. The molecule has 0 saturated heterocycles. The van der Waals surface area contributed by atoms with Crippen molar-refractivity contribution in [2.24, 2.45) is 0 Å². The van der Waals surface area contributed by atoms with Crippen LogP contribution in [0.2, 0.25) is 0 Å². The van der Waals surface area contributed by atoms with Crippen LogP contribution >= 0.6 is 0 Å². The molecular formula is C29H41N3O6S. The lowest BCUT2D eigenvalue weighted by Crippen LogP contribution is -2.53. The smallest absolute Gasteiger partial charge is 0.244 e. The van der Waals surface area contributed by atoms with E-state index in [1.165, 1.54) is 4.90 Å². The molecule has 2 amide bonds. The Bertz CT molecular complexity index is 1200. The van der Waals surface area contributed by atoms with Crippen LogP contribution < -0.4 is 19.1 Å². The minimum absolute atomic E-state index is 0.0884. The van der Waals surface area contributed by atoms with Gasteiger partial charge in [0.1, 0.15) is 24.1 Å². The zero-order valence-corrected chi connectivity index (χ0v) is 24.2. The van der Waals surface area contributed by atoms with Crippen molar-refractivity contribution in [3.63, 3.8) is 0 Å². The van der Waals surface area contributed by atoms with Crippen LogP contribution in [0.3, 0.4) is 0 Å². The van der Waals surface area contributed by atoms with Crippen LogP contribution in [0.15, 0.2) is 48.5 Å². The number of methoxy groups -OCH3 is 1. The van der Waals surface area contributed by atoms with Crippen molar-refractivity contribution in [1.29, 1.82) is 0 Å².